The fourth-order valence-corrected chi connectivity index (χ4v) is 3.37. The minimum Gasteiger partial charge on any atom is -0.312 e. The summed E-state index contributed by atoms with van der Waals surface area (Å²) in [5, 5.41) is 4.24. The van der Waals surface area contributed by atoms with Crippen LogP contribution in [0.2, 0.25) is 5.02 Å². The van der Waals surface area contributed by atoms with Gasteiger partial charge in [-0.3, -0.25) is 0 Å². The van der Waals surface area contributed by atoms with Crippen molar-refractivity contribution in [2.75, 3.05) is 7.05 Å². The molecule has 1 atom stereocenters. The molecule has 1 unspecified atom stereocenters. The molecule has 0 fully saturated rings. The molecule has 1 N–H and O–H groups in total. The lowest BCUT2D eigenvalue weighted by molar-refractivity contribution is 0.602. The zero-order chi connectivity index (χ0) is 13.1. The number of aryl methyl sites for hydroxylation is 2. The van der Waals surface area contributed by atoms with Crippen LogP contribution in [0.4, 0.5) is 0 Å². The third-order valence-corrected chi connectivity index (χ3v) is 4.89. The Hall–Kier alpha value is -0.830. The van der Waals surface area contributed by atoms with Crippen molar-refractivity contribution in [2.45, 2.75) is 26.3 Å². The Bertz CT molecular complexity index is 514. The molecule has 96 valence electrons. The van der Waals surface area contributed by atoms with Crippen LogP contribution >= 0.6 is 22.9 Å². The Morgan fingerprint density at radius 1 is 1.28 bits per heavy atom. The van der Waals surface area contributed by atoms with Crippen molar-refractivity contribution in [3.63, 3.8) is 0 Å². The smallest absolute Gasteiger partial charge is 0.0453 e. The van der Waals surface area contributed by atoms with Crippen molar-refractivity contribution >= 4 is 22.9 Å². The molecule has 0 saturated heterocycles. The Labute approximate surface area is 118 Å². The van der Waals surface area contributed by atoms with Gasteiger partial charge in [0.15, 0.2) is 0 Å². The number of nitrogens with one attached hydrogen (secondary N) is 1. The number of benzene rings is 1. The van der Waals surface area contributed by atoms with E-state index in [1.54, 1.807) is 0 Å². The Balaban J connectivity index is 2.22. The number of rotatable bonds is 4. The molecule has 0 amide bonds. The van der Waals surface area contributed by atoms with Crippen LogP contribution in [0.3, 0.4) is 0 Å². The van der Waals surface area contributed by atoms with Crippen LogP contribution in [-0.4, -0.2) is 7.05 Å². The average molecular weight is 280 g/mol. The van der Waals surface area contributed by atoms with Crippen molar-refractivity contribution in [3.8, 4) is 0 Å². The molecule has 2 rings (SSSR count). The summed E-state index contributed by atoms with van der Waals surface area (Å²) in [4.78, 5) is 2.77. The fraction of sp³-hybridized carbons (Fsp3) is 0.333. The van der Waals surface area contributed by atoms with E-state index in [1.165, 1.54) is 20.9 Å². The zero-order valence-corrected chi connectivity index (χ0v) is 12.5. The highest BCUT2D eigenvalue weighted by atomic mass is 35.5. The lowest BCUT2D eigenvalue weighted by atomic mass is 10.0. The maximum atomic E-state index is 6.22. The summed E-state index contributed by atoms with van der Waals surface area (Å²) in [6, 6.07) is 10.7. The van der Waals surface area contributed by atoms with Gasteiger partial charge in [0.25, 0.3) is 0 Å². The van der Waals surface area contributed by atoms with E-state index in [0.717, 1.165) is 11.4 Å². The molecule has 2 aromatic rings. The van der Waals surface area contributed by atoms with E-state index in [1.807, 2.05) is 36.6 Å². The van der Waals surface area contributed by atoms with E-state index in [0.29, 0.717) is 6.04 Å². The van der Waals surface area contributed by atoms with Gasteiger partial charge in [0.1, 0.15) is 0 Å². The van der Waals surface area contributed by atoms with Crippen molar-refractivity contribution in [3.05, 3.63) is 56.2 Å². The second-order valence-corrected chi connectivity index (χ2v) is 6.22. The SMILES string of the molecule is CNC(Cc1ccccc1Cl)c1cc(C)c(C)s1. The van der Waals surface area contributed by atoms with Crippen LogP contribution in [0.5, 0.6) is 0 Å². The minimum absolute atomic E-state index is 0.335. The van der Waals surface area contributed by atoms with Crippen LogP contribution in [0, 0.1) is 13.8 Å². The molecule has 0 saturated carbocycles. The van der Waals surface area contributed by atoms with Gasteiger partial charge in [-0.25, -0.2) is 0 Å². The molecule has 0 radical (unpaired) electrons. The molecule has 0 bridgehead atoms. The van der Waals surface area contributed by atoms with Gasteiger partial charge in [-0.05, 0) is 50.6 Å². The lowest BCUT2D eigenvalue weighted by Crippen LogP contribution is -2.17. The van der Waals surface area contributed by atoms with Crippen molar-refractivity contribution in [1.29, 1.82) is 0 Å². The van der Waals surface area contributed by atoms with Gasteiger partial charge in [-0.1, -0.05) is 29.8 Å². The quantitative estimate of drug-likeness (QED) is 0.868. The van der Waals surface area contributed by atoms with Gasteiger partial charge >= 0.3 is 0 Å². The standard InChI is InChI=1S/C15H18ClNS/c1-10-8-15(18-11(10)2)14(17-3)9-12-6-4-5-7-13(12)16/h4-8,14,17H,9H2,1-3H3. The van der Waals surface area contributed by atoms with Gasteiger partial charge in [-0.2, -0.15) is 0 Å². The molecule has 0 spiro atoms. The van der Waals surface area contributed by atoms with E-state index in [9.17, 15) is 0 Å². The minimum atomic E-state index is 0.335. The van der Waals surface area contributed by atoms with Gasteiger partial charge in [0.05, 0.1) is 0 Å². The van der Waals surface area contributed by atoms with Crippen LogP contribution in [0.15, 0.2) is 30.3 Å². The first-order valence-electron chi connectivity index (χ1n) is 6.09. The molecule has 1 aromatic heterocycles. The third-order valence-electron chi connectivity index (χ3n) is 3.26. The summed E-state index contributed by atoms with van der Waals surface area (Å²) in [5.74, 6) is 0. The van der Waals surface area contributed by atoms with Crippen LogP contribution < -0.4 is 5.32 Å². The highest BCUT2D eigenvalue weighted by molar-refractivity contribution is 7.12. The van der Waals surface area contributed by atoms with Gasteiger partial charge in [0.2, 0.25) is 0 Å². The third kappa shape index (κ3) is 2.94. The van der Waals surface area contributed by atoms with Crippen molar-refractivity contribution < 1.29 is 0 Å². The fourth-order valence-electron chi connectivity index (χ4n) is 2.00. The maximum absolute atomic E-state index is 6.22. The van der Waals surface area contributed by atoms with E-state index in [-0.39, 0.29) is 0 Å². The number of likely N-dealkylation sites (N-methyl/N-ethyl adjacent to an activating group) is 1. The van der Waals surface area contributed by atoms with Crippen molar-refractivity contribution in [1.82, 2.24) is 5.32 Å². The molecule has 1 heterocycles. The maximum Gasteiger partial charge on any atom is 0.0453 e. The summed E-state index contributed by atoms with van der Waals surface area (Å²) in [6.07, 6.45) is 0.926. The summed E-state index contributed by atoms with van der Waals surface area (Å²) >= 11 is 8.09. The lowest BCUT2D eigenvalue weighted by Gasteiger charge is -2.15. The molecule has 1 aromatic carbocycles. The number of thiophene rings is 1. The zero-order valence-electron chi connectivity index (χ0n) is 11.0. The topological polar surface area (TPSA) is 12.0 Å². The van der Waals surface area contributed by atoms with Gasteiger partial charge in [-0.15, -0.1) is 11.3 Å². The molecule has 0 aliphatic carbocycles. The average Bonchev–Trinajstić information content (AvgIpc) is 2.68. The predicted octanol–water partition coefficient (Wildman–Crippen LogP) is 4.52. The van der Waals surface area contributed by atoms with Gasteiger partial charge < -0.3 is 5.32 Å². The highest BCUT2D eigenvalue weighted by Crippen LogP contribution is 2.30. The highest BCUT2D eigenvalue weighted by Gasteiger charge is 2.14. The summed E-state index contributed by atoms with van der Waals surface area (Å²) in [5.41, 5.74) is 2.57. The molecule has 1 nitrogen and oxygen atoms in total. The molecular formula is C15H18ClNS. The molecule has 3 heteroatoms. The van der Waals surface area contributed by atoms with E-state index in [4.69, 9.17) is 11.6 Å². The molecular weight excluding hydrogens is 262 g/mol. The van der Waals surface area contributed by atoms with E-state index < -0.39 is 0 Å². The summed E-state index contributed by atoms with van der Waals surface area (Å²) < 4.78 is 0. The Morgan fingerprint density at radius 2 is 2.00 bits per heavy atom. The second-order valence-electron chi connectivity index (χ2n) is 4.52. The largest absolute Gasteiger partial charge is 0.312 e. The predicted molar refractivity (Wildman–Crippen MR) is 80.7 cm³/mol. The number of halogens is 1. The number of hydrogen-bond acceptors (Lipinski definition) is 2. The summed E-state index contributed by atoms with van der Waals surface area (Å²) in [7, 11) is 2.01. The Morgan fingerprint density at radius 3 is 2.56 bits per heavy atom. The first kappa shape index (κ1) is 13.6. The normalized spacial score (nSPS) is 12.7. The first-order valence-corrected chi connectivity index (χ1v) is 7.29. The van der Waals surface area contributed by atoms with Crippen LogP contribution in [0.1, 0.15) is 26.9 Å². The van der Waals surface area contributed by atoms with E-state index in [2.05, 4.69) is 31.3 Å². The summed E-state index contributed by atoms with van der Waals surface area (Å²) in [6.45, 7) is 4.34. The Kier molecular flexibility index (Phi) is 4.44. The van der Waals surface area contributed by atoms with Crippen molar-refractivity contribution in [2.24, 2.45) is 0 Å². The van der Waals surface area contributed by atoms with Gasteiger partial charge in [0, 0.05) is 20.8 Å². The molecule has 0 aliphatic heterocycles. The van der Waals surface area contributed by atoms with Crippen LogP contribution in [-0.2, 0) is 6.42 Å². The molecule has 0 aliphatic rings. The second kappa shape index (κ2) is 5.87. The molecule has 18 heavy (non-hydrogen) atoms. The monoisotopic (exact) mass is 279 g/mol. The first-order chi connectivity index (χ1) is 8.61. The van der Waals surface area contributed by atoms with Crippen LogP contribution in [0.25, 0.3) is 0 Å². The number of hydrogen-bond donors (Lipinski definition) is 1. The van der Waals surface area contributed by atoms with E-state index >= 15 is 0 Å².